The Morgan fingerprint density at radius 1 is 0.708 bits per heavy atom. The van der Waals surface area contributed by atoms with Crippen LogP contribution in [0.2, 0.25) is 0 Å². The van der Waals surface area contributed by atoms with E-state index in [1.165, 1.54) is 0 Å². The van der Waals surface area contributed by atoms with Gasteiger partial charge in [0.05, 0.1) is 0 Å². The Morgan fingerprint density at radius 2 is 1.29 bits per heavy atom. The van der Waals surface area contributed by atoms with Crippen LogP contribution in [0.3, 0.4) is 0 Å². The smallest absolute Gasteiger partial charge is 0.247 e. The standard InChI is InChI=1S/C36H44N8O4/c1-23(2)32(45)42-29(18-11-19-39-36(37)38)33(46)44-31(21-25-22-40-28-17-10-9-16-27(25)28)35(48)43-30(20-24-12-5-3-6-13-24)34(47)41-26-14-7-4-8-15-26/h3-10,12-17,22-23,29-31,40H,11,18-21H2,1-2H3,(H,41,47)(H,42,45)(H,43,48)(H,44,46)(H4,37,38,39)/t29-,30-,31-/m0/s1. The number of aromatic nitrogens is 1. The molecule has 0 unspecified atom stereocenters. The zero-order chi connectivity index (χ0) is 34.5. The molecule has 12 nitrogen and oxygen atoms in total. The first-order valence-electron chi connectivity index (χ1n) is 16.0. The van der Waals surface area contributed by atoms with E-state index in [4.69, 9.17) is 11.5 Å². The van der Waals surface area contributed by atoms with Crippen LogP contribution in [0, 0.1) is 5.92 Å². The summed E-state index contributed by atoms with van der Waals surface area (Å²) in [4.78, 5) is 61.4. The van der Waals surface area contributed by atoms with Crippen LogP contribution in [0.4, 0.5) is 5.69 Å². The minimum absolute atomic E-state index is 0.0703. The van der Waals surface area contributed by atoms with Crippen molar-refractivity contribution in [2.45, 2.75) is 57.7 Å². The molecular weight excluding hydrogens is 608 g/mol. The highest BCUT2D eigenvalue weighted by atomic mass is 16.2. The van der Waals surface area contributed by atoms with Gasteiger partial charge < -0.3 is 37.7 Å². The molecule has 1 heterocycles. The summed E-state index contributed by atoms with van der Waals surface area (Å²) in [5.74, 6) is -2.24. The maximum absolute atomic E-state index is 14.1. The summed E-state index contributed by atoms with van der Waals surface area (Å²) in [6.07, 6.45) is 2.79. The first-order valence-corrected chi connectivity index (χ1v) is 16.0. The number of benzene rings is 3. The van der Waals surface area contributed by atoms with Crippen LogP contribution in [0.25, 0.3) is 10.9 Å². The number of anilines is 1. The van der Waals surface area contributed by atoms with Gasteiger partial charge in [0.1, 0.15) is 18.1 Å². The highest BCUT2D eigenvalue weighted by Gasteiger charge is 2.31. The third-order valence-corrected chi connectivity index (χ3v) is 7.79. The van der Waals surface area contributed by atoms with Crippen molar-refractivity contribution >= 4 is 46.2 Å². The van der Waals surface area contributed by atoms with Gasteiger partial charge in [-0.15, -0.1) is 0 Å². The number of guanidine groups is 1. The van der Waals surface area contributed by atoms with Gasteiger partial charge in [-0.1, -0.05) is 80.6 Å². The van der Waals surface area contributed by atoms with Crippen molar-refractivity contribution in [3.63, 3.8) is 0 Å². The van der Waals surface area contributed by atoms with Crippen molar-refractivity contribution in [1.82, 2.24) is 20.9 Å². The van der Waals surface area contributed by atoms with Crippen molar-refractivity contribution in [1.29, 1.82) is 0 Å². The van der Waals surface area contributed by atoms with E-state index in [0.29, 0.717) is 12.1 Å². The Balaban J connectivity index is 1.61. The van der Waals surface area contributed by atoms with Crippen molar-refractivity contribution < 1.29 is 19.2 Å². The number of hydrogen-bond donors (Lipinski definition) is 7. The zero-order valence-electron chi connectivity index (χ0n) is 27.2. The largest absolute Gasteiger partial charge is 0.370 e. The molecule has 0 fully saturated rings. The quantitative estimate of drug-likeness (QED) is 0.0552. The van der Waals surface area contributed by atoms with Gasteiger partial charge in [0.2, 0.25) is 23.6 Å². The first-order chi connectivity index (χ1) is 23.1. The molecular formula is C36H44N8O4. The SMILES string of the molecule is CC(C)C(=O)N[C@@H](CCCN=C(N)N)C(=O)N[C@@H](Cc1c[nH]c2ccccc12)C(=O)N[C@@H](Cc1ccccc1)C(=O)Nc1ccccc1. The second-order valence-corrected chi connectivity index (χ2v) is 11.9. The molecule has 0 saturated carbocycles. The second kappa shape index (κ2) is 17.3. The number of H-pyrrole nitrogens is 1. The molecule has 4 rings (SSSR count). The van der Waals surface area contributed by atoms with E-state index in [2.05, 4.69) is 31.2 Å². The topological polar surface area (TPSA) is 197 Å². The van der Waals surface area contributed by atoms with Crippen molar-refractivity contribution in [2.75, 3.05) is 11.9 Å². The predicted molar refractivity (Wildman–Crippen MR) is 188 cm³/mol. The van der Waals surface area contributed by atoms with Gasteiger partial charge in [0.15, 0.2) is 5.96 Å². The minimum atomic E-state index is -1.09. The number of nitrogens with two attached hydrogens (primary N) is 2. The average Bonchev–Trinajstić information content (AvgIpc) is 3.48. The monoisotopic (exact) mass is 652 g/mol. The van der Waals surface area contributed by atoms with E-state index < -0.39 is 35.8 Å². The molecule has 3 aromatic carbocycles. The number of nitrogens with one attached hydrogen (secondary N) is 5. The Kier molecular flexibility index (Phi) is 12.7. The number of carbonyl (C=O) groups excluding carboxylic acids is 4. The highest BCUT2D eigenvalue weighted by molar-refractivity contribution is 5.99. The molecule has 4 amide bonds. The molecule has 0 radical (unpaired) electrons. The minimum Gasteiger partial charge on any atom is -0.370 e. The molecule has 1 aromatic heterocycles. The van der Waals surface area contributed by atoms with Gasteiger partial charge in [-0.2, -0.15) is 0 Å². The molecule has 252 valence electrons. The number of carbonyl (C=O) groups is 4. The van der Waals surface area contributed by atoms with E-state index in [1.54, 1.807) is 44.3 Å². The van der Waals surface area contributed by atoms with Crippen LogP contribution in [0.5, 0.6) is 0 Å². The molecule has 3 atom stereocenters. The highest BCUT2D eigenvalue weighted by Crippen LogP contribution is 2.20. The van der Waals surface area contributed by atoms with E-state index in [1.807, 2.05) is 60.7 Å². The van der Waals surface area contributed by atoms with E-state index in [9.17, 15) is 19.2 Å². The molecule has 0 aliphatic heterocycles. The fourth-order valence-electron chi connectivity index (χ4n) is 5.20. The van der Waals surface area contributed by atoms with Crippen LogP contribution in [0.1, 0.15) is 37.8 Å². The van der Waals surface area contributed by atoms with E-state index >= 15 is 0 Å². The Morgan fingerprint density at radius 3 is 1.96 bits per heavy atom. The Hall–Kier alpha value is -5.65. The van der Waals surface area contributed by atoms with Gasteiger partial charge in [-0.3, -0.25) is 24.2 Å². The summed E-state index contributed by atoms with van der Waals surface area (Å²) in [7, 11) is 0. The van der Waals surface area contributed by atoms with Gasteiger partial charge >= 0.3 is 0 Å². The van der Waals surface area contributed by atoms with Crippen LogP contribution < -0.4 is 32.7 Å². The van der Waals surface area contributed by atoms with Crippen LogP contribution >= 0.6 is 0 Å². The number of rotatable bonds is 16. The maximum atomic E-state index is 14.1. The summed E-state index contributed by atoms with van der Waals surface area (Å²) in [6.45, 7) is 3.72. The molecule has 0 spiro atoms. The fourth-order valence-corrected chi connectivity index (χ4v) is 5.20. The van der Waals surface area contributed by atoms with Gasteiger partial charge in [0, 0.05) is 48.1 Å². The molecule has 48 heavy (non-hydrogen) atoms. The lowest BCUT2D eigenvalue weighted by molar-refractivity contribution is -0.133. The van der Waals surface area contributed by atoms with Crippen LogP contribution in [-0.4, -0.2) is 59.2 Å². The maximum Gasteiger partial charge on any atom is 0.247 e. The summed E-state index contributed by atoms with van der Waals surface area (Å²) >= 11 is 0. The summed E-state index contributed by atoms with van der Waals surface area (Å²) in [5.41, 5.74) is 14.0. The van der Waals surface area contributed by atoms with Crippen molar-refractivity contribution in [3.8, 4) is 0 Å². The lowest BCUT2D eigenvalue weighted by Crippen LogP contribution is -2.57. The van der Waals surface area contributed by atoms with Crippen molar-refractivity contribution in [3.05, 3.63) is 102 Å². The zero-order valence-corrected chi connectivity index (χ0v) is 27.2. The van der Waals surface area contributed by atoms with E-state index in [-0.39, 0.29) is 43.6 Å². The van der Waals surface area contributed by atoms with Gasteiger partial charge in [-0.05, 0) is 42.2 Å². The lowest BCUT2D eigenvalue weighted by atomic mass is 10.0. The molecule has 12 heteroatoms. The lowest BCUT2D eigenvalue weighted by Gasteiger charge is -2.26. The third-order valence-electron chi connectivity index (χ3n) is 7.79. The molecule has 0 aliphatic rings. The van der Waals surface area contributed by atoms with Crippen molar-refractivity contribution in [2.24, 2.45) is 22.4 Å². The normalized spacial score (nSPS) is 12.8. The summed E-state index contributed by atoms with van der Waals surface area (Å²) in [5, 5.41) is 12.4. The number of aliphatic imine (C=N–C) groups is 1. The number of nitrogens with zero attached hydrogens (tertiary/aromatic N) is 1. The summed E-state index contributed by atoms with van der Waals surface area (Å²) < 4.78 is 0. The van der Waals surface area contributed by atoms with E-state index in [0.717, 1.165) is 22.0 Å². The summed E-state index contributed by atoms with van der Waals surface area (Å²) in [6, 6.07) is 23.0. The number of aromatic amines is 1. The van der Waals surface area contributed by atoms with Crippen LogP contribution in [-0.2, 0) is 32.0 Å². The van der Waals surface area contributed by atoms with Gasteiger partial charge in [-0.25, -0.2) is 0 Å². The van der Waals surface area contributed by atoms with Gasteiger partial charge in [0.25, 0.3) is 0 Å². The molecule has 0 bridgehead atoms. The average molecular weight is 653 g/mol. The number of fused-ring (bicyclic) bond motifs is 1. The molecule has 9 N–H and O–H groups in total. The third kappa shape index (κ3) is 10.4. The Bertz CT molecular complexity index is 1700. The molecule has 0 saturated heterocycles. The number of para-hydroxylation sites is 2. The van der Waals surface area contributed by atoms with Crippen LogP contribution in [0.15, 0.2) is 96.1 Å². The molecule has 0 aliphatic carbocycles. The Labute approximate surface area is 280 Å². The number of hydrogen-bond acceptors (Lipinski definition) is 5. The second-order valence-electron chi connectivity index (χ2n) is 11.9. The first kappa shape index (κ1) is 35.2. The predicted octanol–water partition coefficient (Wildman–Crippen LogP) is 2.76. The molecule has 4 aromatic rings. The number of amides is 4. The fraction of sp³-hybridized carbons (Fsp3) is 0.306.